The Morgan fingerprint density at radius 2 is 1.89 bits per heavy atom. The number of likely N-dealkylation sites (N-methyl/N-ethyl adjacent to an activating group) is 1. The maximum atomic E-state index is 13.3. The van der Waals surface area contributed by atoms with Gasteiger partial charge in [-0.2, -0.15) is 4.31 Å². The van der Waals surface area contributed by atoms with Gasteiger partial charge in [0.05, 0.1) is 18.6 Å². The highest BCUT2D eigenvalue weighted by Gasteiger charge is 2.30. The highest BCUT2D eigenvalue weighted by molar-refractivity contribution is 7.89. The van der Waals surface area contributed by atoms with Gasteiger partial charge in [0, 0.05) is 25.2 Å². The Bertz CT molecular complexity index is 907. The van der Waals surface area contributed by atoms with Crippen molar-refractivity contribution in [2.75, 3.05) is 34.3 Å². The van der Waals surface area contributed by atoms with Gasteiger partial charge in [0.1, 0.15) is 22.2 Å². The number of furan rings is 1. The van der Waals surface area contributed by atoms with Gasteiger partial charge in [-0.25, -0.2) is 8.42 Å². The van der Waals surface area contributed by atoms with Crippen LogP contribution in [-0.2, 0) is 16.6 Å². The molecule has 0 fully saturated rings. The van der Waals surface area contributed by atoms with Gasteiger partial charge in [0.2, 0.25) is 10.0 Å². The molecular weight excluding hydrogens is 374 g/mol. The predicted octanol–water partition coefficient (Wildman–Crippen LogP) is 2.26. The van der Waals surface area contributed by atoms with E-state index in [2.05, 4.69) is 0 Å². The van der Waals surface area contributed by atoms with Crippen LogP contribution in [0, 0.1) is 17.0 Å². The zero-order valence-corrected chi connectivity index (χ0v) is 16.5. The molecule has 0 saturated heterocycles. The van der Waals surface area contributed by atoms with Gasteiger partial charge < -0.3 is 14.1 Å². The molecule has 9 nitrogen and oxygen atoms in total. The van der Waals surface area contributed by atoms with E-state index in [0.717, 1.165) is 6.07 Å². The number of nitrogens with zero attached hydrogens (tertiary/aromatic N) is 3. The standard InChI is InChI=1S/C17H23N3O6S/c1-13-5-7-15(26-13)12-19(10-9-18(2)3)27(23,24)17-11-14(20(21)22)6-8-16(17)25-4/h5-8,11H,9-10,12H2,1-4H3. The normalized spacial score (nSPS) is 11.9. The molecule has 1 aromatic carbocycles. The minimum atomic E-state index is -4.07. The Hall–Kier alpha value is -2.43. The van der Waals surface area contributed by atoms with E-state index in [1.807, 2.05) is 19.0 Å². The minimum Gasteiger partial charge on any atom is -0.495 e. The van der Waals surface area contributed by atoms with E-state index in [-0.39, 0.29) is 29.4 Å². The van der Waals surface area contributed by atoms with E-state index in [0.29, 0.717) is 18.1 Å². The average Bonchev–Trinajstić information content (AvgIpc) is 3.02. The number of hydrogen-bond acceptors (Lipinski definition) is 7. The zero-order valence-electron chi connectivity index (χ0n) is 15.7. The number of nitro groups is 1. The summed E-state index contributed by atoms with van der Waals surface area (Å²) in [4.78, 5) is 12.1. The summed E-state index contributed by atoms with van der Waals surface area (Å²) in [6, 6.07) is 6.96. The topological polar surface area (TPSA) is 106 Å². The molecule has 10 heteroatoms. The van der Waals surface area contributed by atoms with Crippen LogP contribution in [0.5, 0.6) is 5.75 Å². The number of non-ortho nitro benzene ring substituents is 1. The molecule has 0 aliphatic carbocycles. The Morgan fingerprint density at radius 1 is 1.19 bits per heavy atom. The summed E-state index contributed by atoms with van der Waals surface area (Å²) in [5, 5.41) is 11.1. The third kappa shape index (κ3) is 5.06. The zero-order chi connectivity index (χ0) is 20.2. The molecule has 0 spiro atoms. The van der Waals surface area contributed by atoms with Crippen LogP contribution in [0.15, 0.2) is 39.6 Å². The molecule has 148 valence electrons. The van der Waals surface area contributed by atoms with Crippen LogP contribution in [0.2, 0.25) is 0 Å². The first-order valence-electron chi connectivity index (χ1n) is 8.17. The summed E-state index contributed by atoms with van der Waals surface area (Å²) in [6.07, 6.45) is 0. The molecule has 0 radical (unpaired) electrons. The summed E-state index contributed by atoms with van der Waals surface area (Å²) < 4.78 is 38.4. The summed E-state index contributed by atoms with van der Waals surface area (Å²) in [5.74, 6) is 1.20. The van der Waals surface area contributed by atoms with E-state index in [4.69, 9.17) is 9.15 Å². The van der Waals surface area contributed by atoms with Crippen LogP contribution in [0.4, 0.5) is 5.69 Å². The van der Waals surface area contributed by atoms with Crippen LogP contribution in [-0.4, -0.2) is 56.8 Å². The first-order valence-corrected chi connectivity index (χ1v) is 9.61. The number of sulfonamides is 1. The first-order chi connectivity index (χ1) is 12.6. The molecule has 0 amide bonds. The first kappa shape index (κ1) is 20.9. The molecule has 0 saturated carbocycles. The smallest absolute Gasteiger partial charge is 0.271 e. The summed E-state index contributed by atoms with van der Waals surface area (Å²) in [6.45, 7) is 2.43. The molecule has 0 bridgehead atoms. The molecule has 2 aromatic rings. The van der Waals surface area contributed by atoms with E-state index in [9.17, 15) is 18.5 Å². The number of rotatable bonds is 9. The van der Waals surface area contributed by atoms with Gasteiger partial charge in [-0.05, 0) is 39.2 Å². The van der Waals surface area contributed by atoms with E-state index in [1.165, 1.54) is 23.5 Å². The number of nitro benzene ring substituents is 1. The van der Waals surface area contributed by atoms with Crippen molar-refractivity contribution >= 4 is 15.7 Å². The summed E-state index contributed by atoms with van der Waals surface area (Å²) in [7, 11) is 0.911. The fourth-order valence-corrected chi connectivity index (χ4v) is 4.03. The van der Waals surface area contributed by atoms with Gasteiger partial charge in [0.15, 0.2) is 0 Å². The molecule has 2 rings (SSSR count). The van der Waals surface area contributed by atoms with Crippen molar-refractivity contribution in [2.24, 2.45) is 0 Å². The Labute approximate surface area is 158 Å². The van der Waals surface area contributed by atoms with Gasteiger partial charge >= 0.3 is 0 Å². The van der Waals surface area contributed by atoms with Gasteiger partial charge in [-0.15, -0.1) is 0 Å². The summed E-state index contributed by atoms with van der Waals surface area (Å²) >= 11 is 0. The molecule has 1 aromatic heterocycles. The average molecular weight is 397 g/mol. The maximum Gasteiger partial charge on any atom is 0.271 e. The number of aryl methyl sites for hydroxylation is 1. The van der Waals surface area contributed by atoms with Gasteiger partial charge in [0.25, 0.3) is 5.69 Å². The highest BCUT2D eigenvalue weighted by Crippen LogP contribution is 2.31. The predicted molar refractivity (Wildman–Crippen MR) is 99.2 cm³/mol. The van der Waals surface area contributed by atoms with Crippen molar-refractivity contribution in [3.8, 4) is 5.75 Å². The van der Waals surface area contributed by atoms with Crippen molar-refractivity contribution in [2.45, 2.75) is 18.4 Å². The highest BCUT2D eigenvalue weighted by atomic mass is 32.2. The van der Waals surface area contributed by atoms with Crippen LogP contribution in [0.25, 0.3) is 0 Å². The fourth-order valence-electron chi connectivity index (χ4n) is 2.46. The lowest BCUT2D eigenvalue weighted by molar-refractivity contribution is -0.385. The second-order valence-electron chi connectivity index (χ2n) is 6.25. The number of ether oxygens (including phenoxy) is 1. The molecule has 0 atom stereocenters. The monoisotopic (exact) mass is 397 g/mol. The maximum absolute atomic E-state index is 13.3. The van der Waals surface area contributed by atoms with Crippen LogP contribution >= 0.6 is 0 Å². The number of hydrogen-bond donors (Lipinski definition) is 0. The second-order valence-corrected chi connectivity index (χ2v) is 8.15. The molecule has 27 heavy (non-hydrogen) atoms. The molecule has 0 aliphatic rings. The molecule has 0 unspecified atom stereocenters. The third-order valence-electron chi connectivity index (χ3n) is 3.90. The fraction of sp³-hybridized carbons (Fsp3) is 0.412. The van der Waals surface area contributed by atoms with E-state index in [1.54, 1.807) is 19.1 Å². The third-order valence-corrected chi connectivity index (χ3v) is 5.77. The lowest BCUT2D eigenvalue weighted by Gasteiger charge is -2.23. The van der Waals surface area contributed by atoms with Gasteiger partial charge in [-0.1, -0.05) is 0 Å². The molecule has 0 aliphatic heterocycles. The Morgan fingerprint density at radius 3 is 2.41 bits per heavy atom. The summed E-state index contributed by atoms with van der Waals surface area (Å²) in [5.41, 5.74) is -0.323. The van der Waals surface area contributed by atoms with Crippen molar-refractivity contribution < 1.29 is 22.5 Å². The van der Waals surface area contributed by atoms with Crippen molar-refractivity contribution in [1.29, 1.82) is 0 Å². The number of benzene rings is 1. The molecule has 0 N–H and O–H groups in total. The minimum absolute atomic E-state index is 0.00978. The quantitative estimate of drug-likeness (QED) is 0.472. The Kier molecular flexibility index (Phi) is 6.58. The van der Waals surface area contributed by atoms with E-state index >= 15 is 0 Å². The van der Waals surface area contributed by atoms with Crippen molar-refractivity contribution in [3.05, 3.63) is 52.0 Å². The second kappa shape index (κ2) is 8.51. The van der Waals surface area contributed by atoms with Crippen molar-refractivity contribution in [3.63, 3.8) is 0 Å². The van der Waals surface area contributed by atoms with E-state index < -0.39 is 14.9 Å². The number of methoxy groups -OCH3 is 1. The van der Waals surface area contributed by atoms with Crippen LogP contribution in [0.3, 0.4) is 0 Å². The lowest BCUT2D eigenvalue weighted by atomic mass is 10.3. The van der Waals surface area contributed by atoms with Gasteiger partial charge in [-0.3, -0.25) is 10.1 Å². The van der Waals surface area contributed by atoms with Crippen LogP contribution in [0.1, 0.15) is 11.5 Å². The van der Waals surface area contributed by atoms with Crippen molar-refractivity contribution in [1.82, 2.24) is 9.21 Å². The van der Waals surface area contributed by atoms with Crippen LogP contribution < -0.4 is 4.74 Å². The molecular formula is C17H23N3O6S. The largest absolute Gasteiger partial charge is 0.495 e. The Balaban J connectivity index is 2.48. The molecule has 1 heterocycles. The SMILES string of the molecule is COc1ccc([N+](=O)[O-])cc1S(=O)(=O)N(CCN(C)C)Cc1ccc(C)o1. The lowest BCUT2D eigenvalue weighted by Crippen LogP contribution is -2.36.